The van der Waals surface area contributed by atoms with Crippen LogP contribution >= 0.6 is 0 Å². The van der Waals surface area contributed by atoms with E-state index in [1.165, 1.54) is 30.3 Å². The van der Waals surface area contributed by atoms with Crippen molar-refractivity contribution >= 4 is 22.6 Å². The molecule has 22 heavy (non-hydrogen) atoms. The third-order valence-electron chi connectivity index (χ3n) is 3.21. The molecule has 1 amide bonds. The molecule has 5 heteroatoms. The zero-order chi connectivity index (χ0) is 15.7. The largest absolute Gasteiger partial charge is 0.422 e. The van der Waals surface area contributed by atoms with Gasteiger partial charge in [-0.3, -0.25) is 4.79 Å². The standard InChI is InChI=1S/C17H12FNO3/c1-10-5-6-15-11(7-10)8-14(17(21)22-15)16(20)19-13-4-2-3-12(18)9-13/h2-9H,1H3,(H,19,20). The Bertz CT molecular complexity index is 931. The van der Waals surface area contributed by atoms with Crippen molar-refractivity contribution in [2.45, 2.75) is 6.92 Å². The smallest absolute Gasteiger partial charge is 0.349 e. The van der Waals surface area contributed by atoms with Gasteiger partial charge in [0.2, 0.25) is 0 Å². The van der Waals surface area contributed by atoms with Crippen LogP contribution in [-0.2, 0) is 0 Å². The lowest BCUT2D eigenvalue weighted by molar-refractivity contribution is 0.102. The molecule has 1 aromatic heterocycles. The summed E-state index contributed by atoms with van der Waals surface area (Å²) in [5, 5.41) is 3.14. The van der Waals surface area contributed by atoms with E-state index in [4.69, 9.17) is 4.42 Å². The van der Waals surface area contributed by atoms with Gasteiger partial charge < -0.3 is 9.73 Å². The van der Waals surface area contributed by atoms with Gasteiger partial charge >= 0.3 is 5.63 Å². The molecule has 0 fully saturated rings. The molecule has 0 bridgehead atoms. The minimum Gasteiger partial charge on any atom is -0.422 e. The Labute approximate surface area is 125 Å². The van der Waals surface area contributed by atoms with Crippen LogP contribution in [0, 0.1) is 12.7 Å². The molecule has 0 saturated heterocycles. The highest BCUT2D eigenvalue weighted by Crippen LogP contribution is 2.16. The zero-order valence-electron chi connectivity index (χ0n) is 11.7. The Kier molecular flexibility index (Phi) is 3.47. The monoisotopic (exact) mass is 297 g/mol. The molecule has 3 aromatic rings. The molecule has 0 saturated carbocycles. The molecule has 0 aliphatic rings. The maximum atomic E-state index is 13.1. The number of aryl methyl sites for hydroxylation is 1. The Morgan fingerprint density at radius 1 is 1.14 bits per heavy atom. The SMILES string of the molecule is Cc1ccc2oc(=O)c(C(=O)Nc3cccc(F)c3)cc2c1. The van der Waals surface area contributed by atoms with Crippen molar-refractivity contribution in [2.75, 3.05) is 5.32 Å². The number of carbonyl (C=O) groups excluding carboxylic acids is 1. The fourth-order valence-electron chi connectivity index (χ4n) is 2.17. The van der Waals surface area contributed by atoms with Crippen molar-refractivity contribution < 1.29 is 13.6 Å². The maximum absolute atomic E-state index is 13.1. The highest BCUT2D eigenvalue weighted by molar-refractivity contribution is 6.05. The van der Waals surface area contributed by atoms with E-state index in [2.05, 4.69) is 5.32 Å². The van der Waals surface area contributed by atoms with Crippen molar-refractivity contribution in [1.82, 2.24) is 0 Å². The second-order valence-corrected chi connectivity index (χ2v) is 4.95. The van der Waals surface area contributed by atoms with Crippen molar-refractivity contribution in [3.05, 3.63) is 75.9 Å². The summed E-state index contributed by atoms with van der Waals surface area (Å²) in [5.74, 6) is -1.11. The number of hydrogen-bond acceptors (Lipinski definition) is 3. The molecule has 0 atom stereocenters. The quantitative estimate of drug-likeness (QED) is 0.737. The van der Waals surface area contributed by atoms with Gasteiger partial charge in [-0.25, -0.2) is 9.18 Å². The predicted octanol–water partition coefficient (Wildman–Crippen LogP) is 3.49. The maximum Gasteiger partial charge on any atom is 0.349 e. The molecule has 1 N–H and O–H groups in total. The number of hydrogen-bond donors (Lipinski definition) is 1. The highest BCUT2D eigenvalue weighted by atomic mass is 19.1. The normalized spacial score (nSPS) is 10.6. The third-order valence-corrected chi connectivity index (χ3v) is 3.21. The van der Waals surface area contributed by atoms with E-state index in [1.54, 1.807) is 6.07 Å². The van der Waals surface area contributed by atoms with E-state index in [9.17, 15) is 14.0 Å². The summed E-state index contributed by atoms with van der Waals surface area (Å²) < 4.78 is 18.3. The molecule has 3 rings (SSSR count). The van der Waals surface area contributed by atoms with Crippen LogP contribution in [0.1, 0.15) is 15.9 Å². The number of rotatable bonds is 2. The van der Waals surface area contributed by atoms with Gasteiger partial charge in [-0.1, -0.05) is 17.7 Å². The first-order valence-electron chi connectivity index (χ1n) is 6.64. The second kappa shape index (κ2) is 5.44. The number of fused-ring (bicyclic) bond motifs is 1. The minimum atomic E-state index is -0.731. The fraction of sp³-hybridized carbons (Fsp3) is 0.0588. The van der Waals surface area contributed by atoms with Crippen molar-refractivity contribution in [2.24, 2.45) is 0 Å². The van der Waals surface area contributed by atoms with E-state index < -0.39 is 17.3 Å². The highest BCUT2D eigenvalue weighted by Gasteiger charge is 2.14. The van der Waals surface area contributed by atoms with E-state index in [-0.39, 0.29) is 11.3 Å². The lowest BCUT2D eigenvalue weighted by atomic mass is 10.1. The summed E-state index contributed by atoms with van der Waals surface area (Å²) >= 11 is 0. The second-order valence-electron chi connectivity index (χ2n) is 4.95. The molecule has 0 spiro atoms. The average Bonchev–Trinajstić information content (AvgIpc) is 2.47. The van der Waals surface area contributed by atoms with E-state index >= 15 is 0 Å². The van der Waals surface area contributed by atoms with Gasteiger partial charge in [-0.2, -0.15) is 0 Å². The van der Waals surface area contributed by atoms with Gasteiger partial charge in [0.25, 0.3) is 5.91 Å². The molecule has 0 aliphatic heterocycles. The third kappa shape index (κ3) is 2.74. The molecular weight excluding hydrogens is 285 g/mol. The summed E-state index contributed by atoms with van der Waals surface area (Å²) in [4.78, 5) is 24.1. The molecule has 0 aliphatic carbocycles. The van der Waals surface area contributed by atoms with Crippen LogP contribution in [0.25, 0.3) is 11.0 Å². The first kappa shape index (κ1) is 14.0. The van der Waals surface area contributed by atoms with E-state index in [0.717, 1.165) is 5.56 Å². The van der Waals surface area contributed by atoms with Gasteiger partial charge in [0, 0.05) is 11.1 Å². The van der Waals surface area contributed by atoms with Gasteiger partial charge in [-0.05, 0) is 43.3 Å². The first-order valence-corrected chi connectivity index (χ1v) is 6.64. The van der Waals surface area contributed by atoms with Gasteiger partial charge in [-0.15, -0.1) is 0 Å². The predicted molar refractivity (Wildman–Crippen MR) is 81.6 cm³/mol. The van der Waals surface area contributed by atoms with Gasteiger partial charge in [0.15, 0.2) is 0 Å². The van der Waals surface area contributed by atoms with Crippen molar-refractivity contribution in [1.29, 1.82) is 0 Å². The van der Waals surface area contributed by atoms with Crippen LogP contribution in [0.5, 0.6) is 0 Å². The number of carbonyl (C=O) groups is 1. The zero-order valence-corrected chi connectivity index (χ0v) is 11.7. The summed E-state index contributed by atoms with van der Waals surface area (Å²) in [6.45, 7) is 1.90. The number of nitrogens with one attached hydrogen (secondary N) is 1. The molecule has 2 aromatic carbocycles. The van der Waals surface area contributed by atoms with Gasteiger partial charge in [0.05, 0.1) is 0 Å². The molecule has 0 radical (unpaired) electrons. The van der Waals surface area contributed by atoms with Crippen molar-refractivity contribution in [3.63, 3.8) is 0 Å². The average molecular weight is 297 g/mol. The number of benzene rings is 2. The molecule has 1 heterocycles. The summed E-state index contributed by atoms with van der Waals surface area (Å²) in [6, 6.07) is 12.2. The Morgan fingerprint density at radius 3 is 2.73 bits per heavy atom. The minimum absolute atomic E-state index is 0.123. The molecule has 4 nitrogen and oxygen atoms in total. The number of amides is 1. The Hall–Kier alpha value is -2.95. The van der Waals surface area contributed by atoms with Crippen LogP contribution in [0.4, 0.5) is 10.1 Å². The summed E-state index contributed by atoms with van der Waals surface area (Å²) in [5.41, 5.74) is 0.817. The Balaban J connectivity index is 2.00. The van der Waals surface area contributed by atoms with Crippen LogP contribution in [-0.4, -0.2) is 5.91 Å². The fourth-order valence-corrected chi connectivity index (χ4v) is 2.17. The molecule has 0 unspecified atom stereocenters. The van der Waals surface area contributed by atoms with Crippen molar-refractivity contribution in [3.8, 4) is 0 Å². The van der Waals surface area contributed by atoms with Crippen LogP contribution < -0.4 is 10.9 Å². The van der Waals surface area contributed by atoms with Gasteiger partial charge in [0.1, 0.15) is 17.0 Å². The summed E-state index contributed by atoms with van der Waals surface area (Å²) in [7, 11) is 0. The van der Waals surface area contributed by atoms with Crippen LogP contribution in [0.2, 0.25) is 0 Å². The summed E-state index contributed by atoms with van der Waals surface area (Å²) in [6.07, 6.45) is 0. The topological polar surface area (TPSA) is 59.3 Å². The van der Waals surface area contributed by atoms with Crippen LogP contribution in [0.3, 0.4) is 0 Å². The Morgan fingerprint density at radius 2 is 1.95 bits per heavy atom. The van der Waals surface area contributed by atoms with E-state index in [1.807, 2.05) is 19.1 Å². The van der Waals surface area contributed by atoms with E-state index in [0.29, 0.717) is 11.0 Å². The lowest BCUT2D eigenvalue weighted by Gasteiger charge is -2.05. The first-order chi connectivity index (χ1) is 10.5. The number of halogens is 1. The van der Waals surface area contributed by atoms with Crippen LogP contribution in [0.15, 0.2) is 57.7 Å². The molecule has 110 valence electrons. The number of anilines is 1. The lowest BCUT2D eigenvalue weighted by Crippen LogP contribution is -2.20. The molecular formula is C17H12FNO3.